The molecule has 0 aromatic heterocycles. The number of carbonyl (C=O) groups excluding carboxylic acids is 1. The molecule has 0 radical (unpaired) electrons. The van der Waals surface area contributed by atoms with Crippen molar-refractivity contribution < 1.29 is 9.18 Å². The van der Waals surface area contributed by atoms with Gasteiger partial charge in [-0.15, -0.1) is 0 Å². The van der Waals surface area contributed by atoms with Crippen LogP contribution in [0, 0.1) is 0 Å². The van der Waals surface area contributed by atoms with Crippen LogP contribution in [0.15, 0.2) is 0 Å². The van der Waals surface area contributed by atoms with E-state index in [0.29, 0.717) is 12.8 Å². The van der Waals surface area contributed by atoms with Crippen LogP contribution in [0.2, 0.25) is 0 Å². The monoisotopic (exact) mass is 146 g/mol. The third kappa shape index (κ3) is 1.79. The van der Waals surface area contributed by atoms with Gasteiger partial charge in [0.25, 0.3) is 0 Å². The van der Waals surface area contributed by atoms with Crippen LogP contribution in [0.3, 0.4) is 0 Å². The second-order valence-corrected chi connectivity index (χ2v) is 2.38. The van der Waals surface area contributed by atoms with Crippen LogP contribution < -0.4 is 0 Å². The van der Waals surface area contributed by atoms with Gasteiger partial charge < -0.3 is 0 Å². The first-order valence-corrected chi connectivity index (χ1v) is 3.85. The Morgan fingerprint density at radius 3 is 1.80 bits per heavy atom. The van der Waals surface area contributed by atoms with Crippen molar-refractivity contribution in [3.8, 4) is 0 Å². The Balaban J connectivity index is 0.000000371. The minimum absolute atomic E-state index is 0.302. The molecule has 0 unspecified atom stereocenters. The summed E-state index contributed by atoms with van der Waals surface area (Å²) >= 11 is 0. The first-order valence-electron chi connectivity index (χ1n) is 3.85. The number of ketones is 1. The van der Waals surface area contributed by atoms with Gasteiger partial charge in [-0.1, -0.05) is 13.8 Å². The maximum Gasteiger partial charge on any atom is 0.168 e. The summed E-state index contributed by atoms with van der Waals surface area (Å²) in [6, 6.07) is 0. The fourth-order valence-electron chi connectivity index (χ4n) is 0.839. The van der Waals surface area contributed by atoms with Crippen LogP contribution in [0.4, 0.5) is 4.39 Å². The van der Waals surface area contributed by atoms with E-state index in [4.69, 9.17) is 0 Å². The molecule has 0 aromatic rings. The molecule has 1 saturated carbocycles. The summed E-state index contributed by atoms with van der Waals surface area (Å²) in [6.45, 7) is 5.32. The van der Waals surface area contributed by atoms with E-state index in [1.165, 1.54) is 6.92 Å². The van der Waals surface area contributed by atoms with E-state index in [-0.39, 0.29) is 5.78 Å². The molecular formula is C8H15FO. The molecule has 1 fully saturated rings. The average Bonchev–Trinajstić information content (AvgIpc) is 1.87. The fraction of sp³-hybridized carbons (Fsp3) is 0.875. The van der Waals surface area contributed by atoms with Gasteiger partial charge in [0.15, 0.2) is 11.5 Å². The van der Waals surface area contributed by atoms with Crippen molar-refractivity contribution in [2.75, 3.05) is 0 Å². The van der Waals surface area contributed by atoms with E-state index >= 15 is 0 Å². The van der Waals surface area contributed by atoms with E-state index in [0.717, 1.165) is 6.42 Å². The van der Waals surface area contributed by atoms with Crippen LogP contribution >= 0.6 is 0 Å². The minimum Gasteiger partial charge on any atom is -0.296 e. The van der Waals surface area contributed by atoms with Crippen molar-refractivity contribution in [1.82, 2.24) is 0 Å². The summed E-state index contributed by atoms with van der Waals surface area (Å²) in [5.74, 6) is -0.302. The largest absolute Gasteiger partial charge is 0.296 e. The average molecular weight is 146 g/mol. The lowest BCUT2D eigenvalue weighted by Crippen LogP contribution is -2.38. The van der Waals surface area contributed by atoms with Crippen LogP contribution in [0.25, 0.3) is 0 Å². The molecule has 0 aliphatic heterocycles. The number of carbonyl (C=O) groups is 1. The predicted octanol–water partition coefficient (Wildman–Crippen LogP) is 2.49. The second-order valence-electron chi connectivity index (χ2n) is 2.38. The first kappa shape index (κ1) is 9.60. The third-order valence-corrected chi connectivity index (χ3v) is 1.78. The highest BCUT2D eigenvalue weighted by Gasteiger charge is 2.41. The molecule has 0 amide bonds. The first-order chi connectivity index (χ1) is 4.65. The van der Waals surface area contributed by atoms with Crippen molar-refractivity contribution in [1.29, 1.82) is 0 Å². The Labute approximate surface area is 61.6 Å². The normalized spacial score (nSPS) is 20.0. The van der Waals surface area contributed by atoms with Crippen LogP contribution in [-0.4, -0.2) is 11.5 Å². The lowest BCUT2D eigenvalue weighted by atomic mass is 9.79. The SMILES string of the molecule is CC.CC(=O)C1(F)CCC1. The van der Waals surface area contributed by atoms with Gasteiger partial charge in [0, 0.05) is 0 Å². The van der Waals surface area contributed by atoms with Gasteiger partial charge in [0.1, 0.15) is 0 Å². The molecular weight excluding hydrogens is 131 g/mol. The topological polar surface area (TPSA) is 17.1 Å². The summed E-state index contributed by atoms with van der Waals surface area (Å²) in [5, 5.41) is 0. The summed E-state index contributed by atoms with van der Waals surface area (Å²) in [7, 11) is 0. The van der Waals surface area contributed by atoms with Crippen LogP contribution in [0.5, 0.6) is 0 Å². The molecule has 1 aliphatic carbocycles. The minimum atomic E-state index is -1.42. The Bertz CT molecular complexity index is 116. The fourth-order valence-corrected chi connectivity index (χ4v) is 0.839. The van der Waals surface area contributed by atoms with Gasteiger partial charge in [-0.25, -0.2) is 4.39 Å². The van der Waals surface area contributed by atoms with Crippen molar-refractivity contribution >= 4 is 5.78 Å². The summed E-state index contributed by atoms with van der Waals surface area (Å²) in [4.78, 5) is 10.4. The summed E-state index contributed by atoms with van der Waals surface area (Å²) in [5.41, 5.74) is -1.42. The van der Waals surface area contributed by atoms with E-state index in [2.05, 4.69) is 0 Å². The van der Waals surface area contributed by atoms with E-state index in [1.807, 2.05) is 13.8 Å². The number of hydrogen-bond acceptors (Lipinski definition) is 1. The van der Waals surface area contributed by atoms with Crippen molar-refractivity contribution in [2.45, 2.75) is 45.7 Å². The van der Waals surface area contributed by atoms with Crippen molar-refractivity contribution in [2.24, 2.45) is 0 Å². The maximum absolute atomic E-state index is 12.7. The molecule has 1 aliphatic rings. The summed E-state index contributed by atoms with van der Waals surface area (Å²) < 4.78 is 12.7. The number of halogens is 1. The maximum atomic E-state index is 12.7. The number of alkyl halides is 1. The molecule has 0 atom stereocenters. The molecule has 1 rings (SSSR count). The highest BCUT2D eigenvalue weighted by Crippen LogP contribution is 2.36. The van der Waals surface area contributed by atoms with Crippen LogP contribution in [0.1, 0.15) is 40.0 Å². The standard InChI is InChI=1S/C6H9FO.C2H6/c1-5(8)6(7)3-2-4-6;1-2/h2-4H2,1H3;1-2H3. The number of rotatable bonds is 1. The van der Waals surface area contributed by atoms with Gasteiger partial charge in [0.05, 0.1) is 0 Å². The molecule has 0 bridgehead atoms. The molecule has 2 heteroatoms. The number of hydrogen-bond donors (Lipinski definition) is 0. The predicted molar refractivity (Wildman–Crippen MR) is 39.7 cm³/mol. The van der Waals surface area contributed by atoms with Gasteiger partial charge in [0.2, 0.25) is 0 Å². The lowest BCUT2D eigenvalue weighted by Gasteiger charge is -2.30. The van der Waals surface area contributed by atoms with Gasteiger partial charge in [-0.2, -0.15) is 0 Å². The third-order valence-electron chi connectivity index (χ3n) is 1.78. The number of Topliss-reactive ketones (excluding diaryl/α,β-unsaturated/α-hetero) is 1. The molecule has 0 spiro atoms. The Morgan fingerprint density at radius 1 is 1.40 bits per heavy atom. The molecule has 0 aromatic carbocycles. The molecule has 60 valence electrons. The van der Waals surface area contributed by atoms with E-state index in [9.17, 15) is 9.18 Å². The Hall–Kier alpha value is -0.400. The molecule has 0 heterocycles. The summed E-state index contributed by atoms with van der Waals surface area (Å²) in [6.07, 6.45) is 1.76. The molecule has 0 N–H and O–H groups in total. The van der Waals surface area contributed by atoms with E-state index in [1.54, 1.807) is 0 Å². The van der Waals surface area contributed by atoms with Crippen molar-refractivity contribution in [3.05, 3.63) is 0 Å². The highest BCUT2D eigenvalue weighted by molar-refractivity contribution is 5.85. The van der Waals surface area contributed by atoms with Crippen LogP contribution in [-0.2, 0) is 4.79 Å². The Kier molecular flexibility index (Phi) is 3.54. The molecule has 10 heavy (non-hydrogen) atoms. The second kappa shape index (κ2) is 3.69. The quantitative estimate of drug-likeness (QED) is 0.555. The highest BCUT2D eigenvalue weighted by atomic mass is 19.1. The Morgan fingerprint density at radius 2 is 1.80 bits per heavy atom. The zero-order chi connectivity index (χ0) is 8.20. The van der Waals surface area contributed by atoms with Gasteiger partial charge in [-0.05, 0) is 26.2 Å². The zero-order valence-electron chi connectivity index (χ0n) is 6.91. The van der Waals surface area contributed by atoms with Crippen molar-refractivity contribution in [3.63, 3.8) is 0 Å². The smallest absolute Gasteiger partial charge is 0.168 e. The lowest BCUT2D eigenvalue weighted by molar-refractivity contribution is -0.133. The van der Waals surface area contributed by atoms with E-state index < -0.39 is 5.67 Å². The van der Waals surface area contributed by atoms with Gasteiger partial charge >= 0.3 is 0 Å². The zero-order valence-corrected chi connectivity index (χ0v) is 6.91. The molecule has 1 nitrogen and oxygen atoms in total. The van der Waals surface area contributed by atoms with Gasteiger partial charge in [-0.3, -0.25) is 4.79 Å². The molecule has 0 saturated heterocycles.